The van der Waals surface area contributed by atoms with Crippen molar-refractivity contribution < 1.29 is 9.53 Å². The number of hydrogen-bond acceptors (Lipinski definition) is 4. The fourth-order valence-electron chi connectivity index (χ4n) is 0.813. The highest BCUT2D eigenvalue weighted by molar-refractivity contribution is 6.28. The molecule has 1 N–H and O–H groups in total. The van der Waals surface area contributed by atoms with Crippen LogP contribution in [0.15, 0.2) is 12.3 Å². The predicted molar refractivity (Wildman–Crippen MR) is 56.9 cm³/mol. The van der Waals surface area contributed by atoms with E-state index in [0.29, 0.717) is 5.82 Å². The van der Waals surface area contributed by atoms with Crippen molar-refractivity contribution in [1.82, 2.24) is 9.97 Å². The second-order valence-electron chi connectivity index (χ2n) is 3.84. The first-order valence-corrected chi connectivity index (χ1v) is 4.73. The largest absolute Gasteiger partial charge is 0.444 e. The summed E-state index contributed by atoms with van der Waals surface area (Å²) in [7, 11) is 0. The molecule has 0 fully saturated rings. The summed E-state index contributed by atoms with van der Waals surface area (Å²) in [5.74, 6) is 0.309. The highest BCUT2D eigenvalue weighted by atomic mass is 35.5. The van der Waals surface area contributed by atoms with Crippen LogP contribution >= 0.6 is 11.6 Å². The minimum Gasteiger partial charge on any atom is -0.444 e. The van der Waals surface area contributed by atoms with Gasteiger partial charge in [0.25, 0.3) is 0 Å². The molecule has 1 heterocycles. The van der Waals surface area contributed by atoms with Crippen LogP contribution in [-0.2, 0) is 4.74 Å². The minimum atomic E-state index is -0.572. The third-order valence-corrected chi connectivity index (χ3v) is 1.44. The smallest absolute Gasteiger partial charge is 0.413 e. The number of carbonyl (C=O) groups is 1. The maximum absolute atomic E-state index is 11.3. The van der Waals surface area contributed by atoms with Gasteiger partial charge < -0.3 is 4.74 Å². The normalized spacial score (nSPS) is 10.9. The second-order valence-corrected chi connectivity index (χ2v) is 4.18. The molecule has 0 radical (unpaired) electrons. The third kappa shape index (κ3) is 4.60. The number of carbonyl (C=O) groups excluding carboxylic acids is 1. The van der Waals surface area contributed by atoms with Gasteiger partial charge in [0, 0.05) is 6.20 Å². The molecule has 0 saturated heterocycles. The molecule has 6 heteroatoms. The van der Waals surface area contributed by atoms with Crippen LogP contribution in [0.2, 0.25) is 5.28 Å². The summed E-state index contributed by atoms with van der Waals surface area (Å²) in [5.41, 5.74) is -0.541. The molecule has 0 aliphatic heterocycles. The Morgan fingerprint density at radius 3 is 2.73 bits per heavy atom. The Hall–Kier alpha value is -1.36. The maximum atomic E-state index is 11.3. The number of ether oxygens (including phenoxy) is 1. The molecule has 0 saturated carbocycles. The van der Waals surface area contributed by atoms with Crippen LogP contribution in [0.25, 0.3) is 0 Å². The summed E-state index contributed by atoms with van der Waals surface area (Å²) in [6.07, 6.45) is 0.874. The van der Waals surface area contributed by atoms with Gasteiger partial charge in [-0.15, -0.1) is 0 Å². The van der Waals surface area contributed by atoms with E-state index in [4.69, 9.17) is 16.3 Å². The van der Waals surface area contributed by atoms with Crippen LogP contribution < -0.4 is 5.32 Å². The molecule has 82 valence electrons. The number of anilines is 1. The summed E-state index contributed by atoms with van der Waals surface area (Å²) in [6, 6.07) is 1.52. The first kappa shape index (κ1) is 11.7. The fraction of sp³-hybridized carbons (Fsp3) is 0.444. The molecule has 0 aliphatic rings. The third-order valence-electron chi connectivity index (χ3n) is 1.26. The molecule has 1 rings (SSSR count). The van der Waals surface area contributed by atoms with Gasteiger partial charge >= 0.3 is 6.09 Å². The van der Waals surface area contributed by atoms with Crippen LogP contribution in [0.4, 0.5) is 10.6 Å². The van der Waals surface area contributed by atoms with Crippen LogP contribution in [0.3, 0.4) is 0 Å². The van der Waals surface area contributed by atoms with E-state index in [1.165, 1.54) is 12.3 Å². The van der Waals surface area contributed by atoms with Crippen molar-refractivity contribution in [2.75, 3.05) is 5.32 Å². The zero-order chi connectivity index (χ0) is 11.5. The van der Waals surface area contributed by atoms with Gasteiger partial charge in [0.15, 0.2) is 0 Å². The van der Waals surface area contributed by atoms with Crippen molar-refractivity contribution in [3.8, 4) is 0 Å². The Kier molecular flexibility index (Phi) is 3.47. The van der Waals surface area contributed by atoms with Crippen molar-refractivity contribution in [2.24, 2.45) is 0 Å². The summed E-state index contributed by atoms with van der Waals surface area (Å²) in [5, 5.41) is 2.52. The summed E-state index contributed by atoms with van der Waals surface area (Å²) in [4.78, 5) is 18.8. The van der Waals surface area contributed by atoms with E-state index in [1.807, 2.05) is 0 Å². The number of rotatable bonds is 1. The van der Waals surface area contributed by atoms with E-state index in [2.05, 4.69) is 15.3 Å². The molecule has 1 aromatic heterocycles. The SMILES string of the molecule is CC(C)(C)OC(=O)Nc1ccnc(Cl)n1. The van der Waals surface area contributed by atoms with Crippen molar-refractivity contribution in [2.45, 2.75) is 26.4 Å². The molecule has 0 atom stereocenters. The molecule has 5 nitrogen and oxygen atoms in total. The molecule has 0 unspecified atom stereocenters. The lowest BCUT2D eigenvalue weighted by Crippen LogP contribution is -2.27. The lowest BCUT2D eigenvalue weighted by Gasteiger charge is -2.19. The number of amides is 1. The highest BCUT2D eigenvalue weighted by Gasteiger charge is 2.16. The molecular formula is C9H12ClN3O2. The summed E-state index contributed by atoms with van der Waals surface area (Å²) in [6.45, 7) is 5.33. The second kappa shape index (κ2) is 4.44. The molecule has 1 aromatic rings. The molecular weight excluding hydrogens is 218 g/mol. The van der Waals surface area contributed by atoms with Gasteiger partial charge in [-0.2, -0.15) is 0 Å². The Bertz CT molecular complexity index is 363. The van der Waals surface area contributed by atoms with Crippen LogP contribution in [0, 0.1) is 0 Å². The number of aromatic nitrogens is 2. The first-order valence-electron chi connectivity index (χ1n) is 4.35. The van der Waals surface area contributed by atoms with Crippen molar-refractivity contribution >= 4 is 23.5 Å². The molecule has 15 heavy (non-hydrogen) atoms. The maximum Gasteiger partial charge on any atom is 0.413 e. The topological polar surface area (TPSA) is 64.1 Å². The number of hydrogen-bond donors (Lipinski definition) is 1. The Morgan fingerprint density at radius 1 is 1.53 bits per heavy atom. The van der Waals surface area contributed by atoms with Crippen molar-refractivity contribution in [1.29, 1.82) is 0 Å². The Balaban J connectivity index is 2.59. The molecule has 0 aliphatic carbocycles. The molecule has 0 bridgehead atoms. The van der Waals surface area contributed by atoms with Gasteiger partial charge in [0.05, 0.1) is 0 Å². The predicted octanol–water partition coefficient (Wildman–Crippen LogP) is 2.48. The van der Waals surface area contributed by atoms with E-state index in [-0.39, 0.29) is 5.28 Å². The van der Waals surface area contributed by atoms with Crippen LogP contribution in [-0.4, -0.2) is 21.7 Å². The minimum absolute atomic E-state index is 0.0727. The highest BCUT2D eigenvalue weighted by Crippen LogP contribution is 2.10. The monoisotopic (exact) mass is 229 g/mol. The fourth-order valence-corrected chi connectivity index (χ4v) is 0.960. The van der Waals surface area contributed by atoms with Gasteiger partial charge in [-0.3, -0.25) is 5.32 Å². The number of halogens is 1. The van der Waals surface area contributed by atoms with Gasteiger partial charge in [0.1, 0.15) is 11.4 Å². The summed E-state index contributed by atoms with van der Waals surface area (Å²) < 4.78 is 5.03. The Labute approximate surface area is 92.8 Å². The quantitative estimate of drug-likeness (QED) is 0.752. The zero-order valence-corrected chi connectivity index (χ0v) is 9.50. The molecule has 0 aromatic carbocycles. The lowest BCUT2D eigenvalue weighted by atomic mass is 10.2. The van der Waals surface area contributed by atoms with Gasteiger partial charge in [-0.05, 0) is 38.4 Å². The van der Waals surface area contributed by atoms with E-state index < -0.39 is 11.7 Å². The Morgan fingerprint density at radius 2 is 2.20 bits per heavy atom. The number of nitrogens with one attached hydrogen (secondary N) is 1. The van der Waals surface area contributed by atoms with Crippen LogP contribution in [0.1, 0.15) is 20.8 Å². The van der Waals surface area contributed by atoms with Gasteiger partial charge in [-0.1, -0.05) is 0 Å². The van der Waals surface area contributed by atoms with E-state index in [0.717, 1.165) is 0 Å². The van der Waals surface area contributed by atoms with Crippen LogP contribution in [0.5, 0.6) is 0 Å². The van der Waals surface area contributed by atoms with Gasteiger partial charge in [0.2, 0.25) is 5.28 Å². The molecule has 1 amide bonds. The lowest BCUT2D eigenvalue weighted by molar-refractivity contribution is 0.0635. The molecule has 0 spiro atoms. The van der Waals surface area contributed by atoms with E-state index in [9.17, 15) is 4.79 Å². The average molecular weight is 230 g/mol. The van der Waals surface area contributed by atoms with E-state index >= 15 is 0 Å². The van der Waals surface area contributed by atoms with E-state index in [1.54, 1.807) is 20.8 Å². The summed E-state index contributed by atoms with van der Waals surface area (Å²) >= 11 is 5.55. The average Bonchev–Trinajstić information content (AvgIpc) is 1.99. The van der Waals surface area contributed by atoms with Crippen molar-refractivity contribution in [3.63, 3.8) is 0 Å². The zero-order valence-electron chi connectivity index (χ0n) is 8.74. The first-order chi connectivity index (χ1) is 6.87. The standard InChI is InChI=1S/C9H12ClN3O2/c1-9(2,3)15-8(14)13-6-4-5-11-7(10)12-6/h4-5H,1-3H3,(H,11,12,13,14). The van der Waals surface area contributed by atoms with Gasteiger partial charge in [-0.25, -0.2) is 14.8 Å². The van der Waals surface area contributed by atoms with Crippen molar-refractivity contribution in [3.05, 3.63) is 17.5 Å². The number of nitrogens with zero attached hydrogens (tertiary/aromatic N) is 2.